The van der Waals surface area contributed by atoms with E-state index in [1.54, 1.807) is 0 Å². The Morgan fingerprint density at radius 3 is 2.67 bits per heavy atom. The molecule has 0 radical (unpaired) electrons. The van der Waals surface area contributed by atoms with Crippen LogP contribution in [-0.4, -0.2) is 37.5 Å². The molecule has 0 aliphatic carbocycles. The van der Waals surface area contributed by atoms with Crippen LogP contribution in [0, 0.1) is 5.41 Å². The van der Waals surface area contributed by atoms with Gasteiger partial charge in [-0.05, 0) is 25.8 Å². The summed E-state index contributed by atoms with van der Waals surface area (Å²) in [5, 5.41) is 3.31. The average molecular weight is 212 g/mol. The lowest BCUT2D eigenvalue weighted by Gasteiger charge is -2.30. The number of carbonyl (C=O) groups excluding carboxylic acids is 1. The van der Waals surface area contributed by atoms with Gasteiger partial charge in [-0.1, -0.05) is 20.3 Å². The maximum Gasteiger partial charge on any atom is 0.229 e. The van der Waals surface area contributed by atoms with E-state index < -0.39 is 0 Å². The topological polar surface area (TPSA) is 32.3 Å². The summed E-state index contributed by atoms with van der Waals surface area (Å²) in [6.07, 6.45) is 4.21. The third kappa shape index (κ3) is 2.71. The molecule has 1 aliphatic rings. The smallest absolute Gasteiger partial charge is 0.229 e. The van der Waals surface area contributed by atoms with Crippen LogP contribution in [0.4, 0.5) is 0 Å². The zero-order chi connectivity index (χ0) is 11.3. The van der Waals surface area contributed by atoms with Gasteiger partial charge in [0, 0.05) is 20.1 Å². The standard InChI is InChI=1S/C12H24N2O/c1-4-6-9-14(3)11(15)12(5-2)7-8-13-10-12/h13H,4-10H2,1-3H3. The highest BCUT2D eigenvalue weighted by Gasteiger charge is 2.40. The summed E-state index contributed by atoms with van der Waals surface area (Å²) in [5.41, 5.74) is -0.109. The van der Waals surface area contributed by atoms with Crippen LogP contribution in [0.2, 0.25) is 0 Å². The van der Waals surface area contributed by atoms with Crippen LogP contribution in [0.5, 0.6) is 0 Å². The second-order valence-electron chi connectivity index (χ2n) is 4.64. The number of unbranched alkanes of at least 4 members (excludes halogenated alkanes) is 1. The molecule has 1 amide bonds. The highest BCUT2D eigenvalue weighted by molar-refractivity contribution is 5.83. The van der Waals surface area contributed by atoms with Gasteiger partial charge < -0.3 is 10.2 Å². The van der Waals surface area contributed by atoms with E-state index in [0.717, 1.165) is 45.3 Å². The fourth-order valence-corrected chi connectivity index (χ4v) is 2.28. The molecule has 1 fully saturated rings. The predicted octanol–water partition coefficient (Wildman–Crippen LogP) is 1.63. The Balaban J connectivity index is 2.56. The molecule has 1 heterocycles. The first-order valence-corrected chi connectivity index (χ1v) is 6.12. The summed E-state index contributed by atoms with van der Waals surface area (Å²) in [4.78, 5) is 14.2. The van der Waals surface area contributed by atoms with Crippen molar-refractivity contribution < 1.29 is 4.79 Å². The number of hydrogen-bond donors (Lipinski definition) is 1. The Morgan fingerprint density at radius 2 is 2.20 bits per heavy atom. The number of rotatable bonds is 5. The molecule has 1 unspecified atom stereocenters. The third-order valence-corrected chi connectivity index (χ3v) is 3.57. The fraction of sp³-hybridized carbons (Fsp3) is 0.917. The van der Waals surface area contributed by atoms with Gasteiger partial charge in [0.1, 0.15) is 0 Å². The molecule has 15 heavy (non-hydrogen) atoms. The second-order valence-corrected chi connectivity index (χ2v) is 4.64. The van der Waals surface area contributed by atoms with Crippen molar-refractivity contribution in [1.82, 2.24) is 10.2 Å². The molecule has 0 aromatic heterocycles. The zero-order valence-electron chi connectivity index (χ0n) is 10.3. The van der Waals surface area contributed by atoms with E-state index in [1.807, 2.05) is 11.9 Å². The summed E-state index contributed by atoms with van der Waals surface area (Å²) in [6, 6.07) is 0. The van der Waals surface area contributed by atoms with Crippen molar-refractivity contribution in [1.29, 1.82) is 0 Å². The molecule has 1 N–H and O–H groups in total. The van der Waals surface area contributed by atoms with E-state index in [2.05, 4.69) is 19.2 Å². The van der Waals surface area contributed by atoms with Crippen molar-refractivity contribution in [2.24, 2.45) is 5.41 Å². The van der Waals surface area contributed by atoms with Crippen LogP contribution in [0.15, 0.2) is 0 Å². The Bertz CT molecular complexity index is 210. The van der Waals surface area contributed by atoms with Crippen LogP contribution < -0.4 is 5.32 Å². The minimum Gasteiger partial charge on any atom is -0.345 e. The minimum absolute atomic E-state index is 0.109. The first kappa shape index (κ1) is 12.5. The zero-order valence-corrected chi connectivity index (χ0v) is 10.3. The summed E-state index contributed by atoms with van der Waals surface area (Å²) in [6.45, 7) is 7.03. The van der Waals surface area contributed by atoms with Gasteiger partial charge in [0.05, 0.1) is 5.41 Å². The van der Waals surface area contributed by atoms with Gasteiger partial charge in [-0.3, -0.25) is 4.79 Å². The van der Waals surface area contributed by atoms with Gasteiger partial charge >= 0.3 is 0 Å². The number of hydrogen-bond acceptors (Lipinski definition) is 2. The molecule has 1 atom stereocenters. The quantitative estimate of drug-likeness (QED) is 0.751. The molecule has 3 nitrogen and oxygen atoms in total. The van der Waals surface area contributed by atoms with Crippen molar-refractivity contribution >= 4 is 5.91 Å². The number of nitrogens with zero attached hydrogens (tertiary/aromatic N) is 1. The lowest BCUT2D eigenvalue weighted by molar-refractivity contribution is -0.140. The highest BCUT2D eigenvalue weighted by atomic mass is 16.2. The lowest BCUT2D eigenvalue weighted by atomic mass is 9.83. The molecule has 0 spiro atoms. The molecule has 0 bridgehead atoms. The lowest BCUT2D eigenvalue weighted by Crippen LogP contribution is -2.43. The summed E-state index contributed by atoms with van der Waals surface area (Å²) in [7, 11) is 1.94. The molecular formula is C12H24N2O. The van der Waals surface area contributed by atoms with E-state index in [4.69, 9.17) is 0 Å². The number of carbonyl (C=O) groups is 1. The maximum absolute atomic E-state index is 12.3. The normalized spacial score (nSPS) is 25.5. The van der Waals surface area contributed by atoms with Crippen LogP contribution in [0.25, 0.3) is 0 Å². The number of nitrogens with one attached hydrogen (secondary N) is 1. The monoisotopic (exact) mass is 212 g/mol. The highest BCUT2D eigenvalue weighted by Crippen LogP contribution is 2.31. The van der Waals surface area contributed by atoms with Crippen LogP contribution >= 0.6 is 0 Å². The molecule has 0 aromatic carbocycles. The van der Waals surface area contributed by atoms with Crippen molar-refractivity contribution in [2.75, 3.05) is 26.7 Å². The molecule has 1 rings (SSSR count). The SMILES string of the molecule is CCCCN(C)C(=O)C1(CC)CCNC1. The molecule has 0 saturated carbocycles. The molecule has 3 heteroatoms. The predicted molar refractivity (Wildman–Crippen MR) is 62.8 cm³/mol. The van der Waals surface area contributed by atoms with Crippen molar-refractivity contribution in [3.63, 3.8) is 0 Å². The molecule has 88 valence electrons. The Labute approximate surface area is 93.2 Å². The summed E-state index contributed by atoms with van der Waals surface area (Å²) >= 11 is 0. The fourth-order valence-electron chi connectivity index (χ4n) is 2.28. The summed E-state index contributed by atoms with van der Waals surface area (Å²) < 4.78 is 0. The molecule has 0 aromatic rings. The second kappa shape index (κ2) is 5.50. The van der Waals surface area contributed by atoms with Gasteiger partial charge in [0.25, 0.3) is 0 Å². The van der Waals surface area contributed by atoms with Gasteiger partial charge in [-0.15, -0.1) is 0 Å². The Hall–Kier alpha value is -0.570. The van der Waals surface area contributed by atoms with E-state index in [0.29, 0.717) is 5.91 Å². The van der Waals surface area contributed by atoms with Gasteiger partial charge in [-0.25, -0.2) is 0 Å². The van der Waals surface area contributed by atoms with Gasteiger partial charge in [-0.2, -0.15) is 0 Å². The van der Waals surface area contributed by atoms with Gasteiger partial charge in [0.15, 0.2) is 0 Å². The van der Waals surface area contributed by atoms with Crippen LogP contribution in [0.3, 0.4) is 0 Å². The average Bonchev–Trinajstić information content (AvgIpc) is 2.74. The van der Waals surface area contributed by atoms with E-state index in [-0.39, 0.29) is 5.41 Å². The van der Waals surface area contributed by atoms with Gasteiger partial charge in [0.2, 0.25) is 5.91 Å². The molecule has 1 saturated heterocycles. The van der Waals surface area contributed by atoms with Crippen molar-refractivity contribution in [2.45, 2.75) is 39.5 Å². The largest absolute Gasteiger partial charge is 0.345 e. The van der Waals surface area contributed by atoms with Crippen LogP contribution in [-0.2, 0) is 4.79 Å². The summed E-state index contributed by atoms with van der Waals surface area (Å²) in [5.74, 6) is 0.337. The van der Waals surface area contributed by atoms with Crippen molar-refractivity contribution in [3.8, 4) is 0 Å². The minimum atomic E-state index is -0.109. The first-order chi connectivity index (χ1) is 7.16. The first-order valence-electron chi connectivity index (χ1n) is 6.12. The van der Waals surface area contributed by atoms with Crippen LogP contribution in [0.1, 0.15) is 39.5 Å². The molecular weight excluding hydrogens is 188 g/mol. The van der Waals surface area contributed by atoms with E-state index >= 15 is 0 Å². The van der Waals surface area contributed by atoms with E-state index in [1.165, 1.54) is 0 Å². The van der Waals surface area contributed by atoms with E-state index in [9.17, 15) is 4.79 Å². The Morgan fingerprint density at radius 1 is 1.47 bits per heavy atom. The maximum atomic E-state index is 12.3. The Kier molecular flexibility index (Phi) is 4.58. The van der Waals surface area contributed by atoms with Crippen molar-refractivity contribution in [3.05, 3.63) is 0 Å². The number of amides is 1. The molecule has 1 aliphatic heterocycles. The third-order valence-electron chi connectivity index (χ3n) is 3.57.